The van der Waals surface area contributed by atoms with Crippen LogP contribution in [0.25, 0.3) is 0 Å². The number of aliphatic hydroxyl groups excluding tert-OH is 2. The van der Waals surface area contributed by atoms with Crippen LogP contribution in [-0.2, 0) is 24.5 Å². The van der Waals surface area contributed by atoms with E-state index in [0.717, 1.165) is 11.1 Å². The quantitative estimate of drug-likeness (QED) is 0.236. The van der Waals surface area contributed by atoms with Crippen molar-refractivity contribution in [1.82, 2.24) is 0 Å². The number of carbonyl (C=O) groups excluding carboxylic acids is 2. The van der Waals surface area contributed by atoms with E-state index in [1.165, 1.54) is 12.2 Å². The SMILES string of the molecule is CC=CC(=O)OCC(O)CCOc1ccc(C(C)(C)c2ccc(OCCC(O)COC(=O)C=CC)cc2)cc1. The van der Waals surface area contributed by atoms with Gasteiger partial charge < -0.3 is 29.2 Å². The second-order valence-electron chi connectivity index (χ2n) is 9.52. The van der Waals surface area contributed by atoms with Crippen molar-refractivity contribution in [1.29, 1.82) is 0 Å². The van der Waals surface area contributed by atoms with Crippen molar-refractivity contribution in [3.63, 3.8) is 0 Å². The maximum atomic E-state index is 11.3. The van der Waals surface area contributed by atoms with E-state index in [-0.39, 0.29) is 18.6 Å². The third-order valence-electron chi connectivity index (χ3n) is 6.03. The molecule has 0 fully saturated rings. The van der Waals surface area contributed by atoms with Crippen LogP contribution in [0.2, 0.25) is 0 Å². The number of carbonyl (C=O) groups is 2. The van der Waals surface area contributed by atoms with Crippen molar-refractivity contribution in [2.75, 3.05) is 26.4 Å². The van der Waals surface area contributed by atoms with E-state index in [4.69, 9.17) is 18.9 Å². The minimum atomic E-state index is -0.790. The largest absolute Gasteiger partial charge is 0.493 e. The van der Waals surface area contributed by atoms with Crippen LogP contribution in [-0.4, -0.2) is 60.8 Å². The highest BCUT2D eigenvalue weighted by molar-refractivity contribution is 5.82. The van der Waals surface area contributed by atoms with Crippen LogP contribution in [0.5, 0.6) is 11.5 Å². The van der Waals surface area contributed by atoms with Crippen molar-refractivity contribution in [3.05, 3.63) is 84.0 Å². The summed E-state index contributed by atoms with van der Waals surface area (Å²) >= 11 is 0. The summed E-state index contributed by atoms with van der Waals surface area (Å²) in [6.45, 7) is 8.16. The van der Waals surface area contributed by atoms with Crippen LogP contribution in [0, 0.1) is 0 Å². The van der Waals surface area contributed by atoms with Crippen molar-refractivity contribution < 1.29 is 38.7 Å². The van der Waals surface area contributed by atoms with Crippen molar-refractivity contribution in [2.45, 2.75) is 58.2 Å². The van der Waals surface area contributed by atoms with Crippen molar-refractivity contribution in [2.24, 2.45) is 0 Å². The summed E-state index contributed by atoms with van der Waals surface area (Å²) in [7, 11) is 0. The molecular weight excluding hydrogens is 500 g/mol. The Morgan fingerprint density at radius 1 is 0.718 bits per heavy atom. The van der Waals surface area contributed by atoms with E-state index in [1.807, 2.05) is 48.5 Å². The molecule has 8 nitrogen and oxygen atoms in total. The minimum absolute atomic E-state index is 0.0697. The van der Waals surface area contributed by atoms with Gasteiger partial charge in [-0.05, 0) is 49.2 Å². The van der Waals surface area contributed by atoms with Crippen molar-refractivity contribution >= 4 is 11.9 Å². The monoisotopic (exact) mass is 540 g/mol. The van der Waals surface area contributed by atoms with Gasteiger partial charge in [0.25, 0.3) is 0 Å². The number of ether oxygens (including phenoxy) is 4. The Morgan fingerprint density at radius 2 is 1.08 bits per heavy atom. The molecule has 0 saturated heterocycles. The summed E-state index contributed by atoms with van der Waals surface area (Å²) in [6, 6.07) is 15.6. The Morgan fingerprint density at radius 3 is 1.41 bits per heavy atom. The molecule has 2 atom stereocenters. The molecular formula is C31H40O8. The molecule has 212 valence electrons. The number of rotatable bonds is 16. The van der Waals surface area contributed by atoms with Crippen molar-refractivity contribution in [3.8, 4) is 11.5 Å². The summed E-state index contributed by atoms with van der Waals surface area (Å²) in [5.74, 6) is 0.425. The van der Waals surface area contributed by atoms with Gasteiger partial charge in [0.2, 0.25) is 0 Å². The fourth-order valence-corrected chi connectivity index (χ4v) is 3.62. The molecule has 8 heteroatoms. The number of hydrogen-bond acceptors (Lipinski definition) is 8. The fourth-order valence-electron chi connectivity index (χ4n) is 3.62. The Hall–Kier alpha value is -3.62. The Labute approximate surface area is 230 Å². The van der Waals surface area contributed by atoms with Gasteiger partial charge in [0.1, 0.15) is 24.7 Å². The zero-order valence-corrected chi connectivity index (χ0v) is 23.2. The number of allylic oxidation sites excluding steroid dienone is 2. The average Bonchev–Trinajstić information content (AvgIpc) is 2.92. The number of aliphatic hydroxyl groups is 2. The number of hydrogen-bond donors (Lipinski definition) is 2. The Kier molecular flexibility index (Phi) is 13.3. The van der Waals surface area contributed by atoms with Gasteiger partial charge in [-0.25, -0.2) is 9.59 Å². The summed E-state index contributed by atoms with van der Waals surface area (Å²) in [5, 5.41) is 19.9. The summed E-state index contributed by atoms with van der Waals surface area (Å²) in [4.78, 5) is 22.6. The van der Waals surface area contributed by atoms with Crippen LogP contribution in [0.4, 0.5) is 0 Å². The predicted octanol–water partition coefficient (Wildman–Crippen LogP) is 4.51. The highest BCUT2D eigenvalue weighted by Crippen LogP contribution is 2.33. The number of benzene rings is 2. The lowest BCUT2D eigenvalue weighted by molar-refractivity contribution is -0.141. The van der Waals surface area contributed by atoms with E-state index in [9.17, 15) is 19.8 Å². The van der Waals surface area contributed by atoms with Crippen LogP contribution in [0.15, 0.2) is 72.8 Å². The minimum Gasteiger partial charge on any atom is -0.493 e. The van der Waals surface area contributed by atoms with Gasteiger partial charge in [0, 0.05) is 30.4 Å². The molecule has 2 aromatic rings. The lowest BCUT2D eigenvalue weighted by atomic mass is 9.78. The smallest absolute Gasteiger partial charge is 0.330 e. The summed E-state index contributed by atoms with van der Waals surface area (Å²) in [6.07, 6.45) is 4.88. The highest BCUT2D eigenvalue weighted by atomic mass is 16.5. The first kappa shape index (κ1) is 31.6. The van der Waals surface area contributed by atoms with Gasteiger partial charge in [-0.15, -0.1) is 0 Å². The molecule has 2 rings (SSSR count). The van der Waals surface area contributed by atoms with Crippen LogP contribution in [0.1, 0.15) is 51.7 Å². The first-order valence-corrected chi connectivity index (χ1v) is 13.1. The molecule has 0 aliphatic rings. The molecule has 39 heavy (non-hydrogen) atoms. The molecule has 0 aliphatic carbocycles. The van der Waals surface area contributed by atoms with Gasteiger partial charge in [0.05, 0.1) is 25.4 Å². The highest BCUT2D eigenvalue weighted by Gasteiger charge is 2.23. The van der Waals surface area contributed by atoms with Gasteiger partial charge in [-0.2, -0.15) is 0 Å². The normalized spacial score (nSPS) is 13.3. The number of esters is 2. The molecule has 2 aromatic carbocycles. The second kappa shape index (κ2) is 16.4. The first-order valence-electron chi connectivity index (χ1n) is 13.1. The molecule has 2 unspecified atom stereocenters. The average molecular weight is 541 g/mol. The lowest BCUT2D eigenvalue weighted by Gasteiger charge is -2.26. The molecule has 0 radical (unpaired) electrons. The zero-order chi connectivity index (χ0) is 28.7. The van der Waals surface area contributed by atoms with E-state index >= 15 is 0 Å². The Bertz CT molecular complexity index is 985. The third kappa shape index (κ3) is 11.3. The summed E-state index contributed by atoms with van der Waals surface area (Å²) in [5.41, 5.74) is 1.95. The van der Waals surface area contributed by atoms with Crippen LogP contribution < -0.4 is 9.47 Å². The molecule has 2 N–H and O–H groups in total. The maximum absolute atomic E-state index is 11.3. The maximum Gasteiger partial charge on any atom is 0.330 e. The van der Waals surface area contributed by atoms with Gasteiger partial charge in [-0.3, -0.25) is 0 Å². The zero-order valence-electron chi connectivity index (χ0n) is 23.2. The molecule has 0 saturated carbocycles. The molecule has 0 heterocycles. The standard InChI is InChI=1S/C31H40O8/c1-5-7-29(34)38-21-25(32)17-19-36-27-13-9-23(10-14-27)31(3,4)24-11-15-28(16-12-24)37-20-18-26(33)22-39-30(35)8-6-2/h5-16,25-26,32-33H,17-22H2,1-4H3. The van der Waals surface area contributed by atoms with Gasteiger partial charge in [0.15, 0.2) is 0 Å². The van der Waals surface area contributed by atoms with Crippen LogP contribution >= 0.6 is 0 Å². The molecule has 0 spiro atoms. The first-order chi connectivity index (χ1) is 18.6. The molecule has 0 bridgehead atoms. The fraction of sp³-hybridized carbons (Fsp3) is 0.419. The lowest BCUT2D eigenvalue weighted by Crippen LogP contribution is -2.20. The van der Waals surface area contributed by atoms with E-state index < -0.39 is 24.1 Å². The van der Waals surface area contributed by atoms with Gasteiger partial charge >= 0.3 is 11.9 Å². The molecule has 0 aliphatic heterocycles. The van der Waals surface area contributed by atoms with E-state index in [1.54, 1.807) is 26.0 Å². The predicted molar refractivity (Wildman–Crippen MR) is 149 cm³/mol. The topological polar surface area (TPSA) is 112 Å². The summed E-state index contributed by atoms with van der Waals surface area (Å²) < 4.78 is 21.3. The van der Waals surface area contributed by atoms with Gasteiger partial charge in [-0.1, -0.05) is 50.3 Å². The molecule has 0 aromatic heterocycles. The third-order valence-corrected chi connectivity index (χ3v) is 6.03. The second-order valence-corrected chi connectivity index (χ2v) is 9.52. The van der Waals surface area contributed by atoms with Crippen LogP contribution in [0.3, 0.4) is 0 Å². The Balaban J connectivity index is 1.80. The molecule has 0 amide bonds. The van der Waals surface area contributed by atoms with E-state index in [0.29, 0.717) is 37.6 Å². The van der Waals surface area contributed by atoms with E-state index in [2.05, 4.69) is 13.8 Å².